The average Bonchev–Trinajstić information content (AvgIpc) is 2.64. The minimum absolute atomic E-state index is 0.0188. The molecule has 0 aliphatic carbocycles. The van der Waals surface area contributed by atoms with Gasteiger partial charge in [0.25, 0.3) is 0 Å². The van der Waals surface area contributed by atoms with Crippen molar-refractivity contribution < 1.29 is 13.7 Å². The Morgan fingerprint density at radius 2 is 1.85 bits per heavy atom. The van der Waals surface area contributed by atoms with E-state index in [1.165, 1.54) is 36.5 Å². The Morgan fingerprint density at radius 3 is 2.50 bits per heavy atom. The molecule has 0 saturated carbocycles. The summed E-state index contributed by atoms with van der Waals surface area (Å²) in [7, 11) is 0. The molecule has 5 nitrogen and oxygen atoms in total. The molecule has 26 heavy (non-hydrogen) atoms. The molecule has 1 aromatic heterocycles. The van der Waals surface area contributed by atoms with Gasteiger partial charge in [-0.2, -0.15) is 0 Å². The van der Waals surface area contributed by atoms with Crippen LogP contribution in [0, 0.1) is 33.6 Å². The molecule has 1 saturated heterocycles. The van der Waals surface area contributed by atoms with Gasteiger partial charge in [0.15, 0.2) is 0 Å². The molecule has 7 heteroatoms. The topological polar surface area (TPSA) is 59.3 Å². The highest BCUT2D eigenvalue weighted by Crippen LogP contribution is 2.28. The molecular formula is C19H15F2N3O2. The van der Waals surface area contributed by atoms with E-state index in [4.69, 9.17) is 0 Å². The van der Waals surface area contributed by atoms with E-state index in [0.29, 0.717) is 31.7 Å². The Balaban J connectivity index is 1.69. The number of hydrogen-bond donors (Lipinski definition) is 0. The van der Waals surface area contributed by atoms with Crippen molar-refractivity contribution >= 4 is 11.5 Å². The van der Waals surface area contributed by atoms with Crippen LogP contribution in [0.4, 0.5) is 20.3 Å². The number of nitrogens with zero attached hydrogens (tertiary/aromatic N) is 3. The maximum Gasteiger partial charge on any atom is 0.311 e. The van der Waals surface area contributed by atoms with E-state index < -0.39 is 16.6 Å². The van der Waals surface area contributed by atoms with Crippen LogP contribution in [-0.4, -0.2) is 23.0 Å². The number of piperidine rings is 1. The number of rotatable bonds is 2. The summed E-state index contributed by atoms with van der Waals surface area (Å²) in [5.74, 6) is 4.19. The van der Waals surface area contributed by atoms with E-state index in [2.05, 4.69) is 16.8 Å². The third kappa shape index (κ3) is 3.86. The summed E-state index contributed by atoms with van der Waals surface area (Å²) in [5.41, 5.74) is 0.768. The molecule has 0 radical (unpaired) electrons. The van der Waals surface area contributed by atoms with E-state index in [1.807, 2.05) is 4.90 Å². The lowest BCUT2D eigenvalue weighted by Crippen LogP contribution is -2.31. The number of nitro groups is 1. The number of aromatic nitrogens is 1. The molecule has 1 aromatic carbocycles. The van der Waals surface area contributed by atoms with Crippen LogP contribution in [-0.2, 0) is 0 Å². The van der Waals surface area contributed by atoms with Gasteiger partial charge in [0, 0.05) is 25.4 Å². The highest BCUT2D eigenvalue weighted by Gasteiger charge is 2.23. The summed E-state index contributed by atoms with van der Waals surface area (Å²) >= 11 is 0. The van der Waals surface area contributed by atoms with Gasteiger partial charge in [-0.15, -0.1) is 0 Å². The van der Waals surface area contributed by atoms with Crippen molar-refractivity contribution in [3.8, 4) is 11.8 Å². The van der Waals surface area contributed by atoms with Crippen LogP contribution in [0.15, 0.2) is 48.2 Å². The summed E-state index contributed by atoms with van der Waals surface area (Å²) in [5, 5.41) is 11.1. The van der Waals surface area contributed by atoms with Crippen molar-refractivity contribution in [3.63, 3.8) is 0 Å². The Kier molecular flexibility index (Phi) is 5.23. The van der Waals surface area contributed by atoms with Crippen molar-refractivity contribution in [1.29, 1.82) is 0 Å². The quantitative estimate of drug-likeness (QED) is 0.466. The molecule has 0 bridgehead atoms. The van der Waals surface area contributed by atoms with Gasteiger partial charge >= 0.3 is 5.69 Å². The third-order valence-corrected chi connectivity index (χ3v) is 4.10. The number of hydrogen-bond acceptors (Lipinski definition) is 4. The van der Waals surface area contributed by atoms with E-state index >= 15 is 0 Å². The lowest BCUT2D eigenvalue weighted by Gasteiger charge is -2.28. The standard InChI is InChI=1S/C19H15F2N3O2/c20-16-6-2-7-17(21)15(16)5-1-4-14-9-12-23(13-10-14)19-18(24(25)26)8-3-11-22-19/h2-4,6-8,11H,9-10,12-13H2. The molecule has 0 N–H and O–H groups in total. The van der Waals surface area contributed by atoms with Crippen LogP contribution in [0.5, 0.6) is 0 Å². The zero-order chi connectivity index (χ0) is 18.5. The number of halogens is 2. The van der Waals surface area contributed by atoms with Gasteiger partial charge in [0.2, 0.25) is 5.82 Å². The second-order valence-corrected chi connectivity index (χ2v) is 5.76. The van der Waals surface area contributed by atoms with Gasteiger partial charge in [-0.05, 0) is 37.1 Å². The highest BCUT2D eigenvalue weighted by atomic mass is 19.1. The maximum atomic E-state index is 13.5. The Morgan fingerprint density at radius 1 is 1.15 bits per heavy atom. The van der Waals surface area contributed by atoms with Crippen LogP contribution in [0.3, 0.4) is 0 Å². The van der Waals surface area contributed by atoms with Gasteiger partial charge in [0.1, 0.15) is 11.6 Å². The predicted molar refractivity (Wildman–Crippen MR) is 93.7 cm³/mol. The molecule has 3 rings (SSSR count). The Hall–Kier alpha value is -3.27. The number of allylic oxidation sites excluding steroid dienone is 1. The van der Waals surface area contributed by atoms with Crippen LogP contribution in [0.2, 0.25) is 0 Å². The first-order chi connectivity index (χ1) is 12.6. The number of benzene rings is 1. The molecule has 0 amide bonds. The molecule has 132 valence electrons. The van der Waals surface area contributed by atoms with Gasteiger partial charge < -0.3 is 4.90 Å². The van der Waals surface area contributed by atoms with E-state index in [9.17, 15) is 18.9 Å². The fraction of sp³-hybridized carbons (Fsp3) is 0.211. The minimum atomic E-state index is -0.687. The summed E-state index contributed by atoms with van der Waals surface area (Å²) in [6, 6.07) is 6.59. The maximum absolute atomic E-state index is 13.5. The van der Waals surface area contributed by atoms with Crippen LogP contribution < -0.4 is 4.90 Å². The monoisotopic (exact) mass is 355 g/mol. The second-order valence-electron chi connectivity index (χ2n) is 5.76. The lowest BCUT2D eigenvalue weighted by molar-refractivity contribution is -0.384. The predicted octanol–water partition coefficient (Wildman–Crippen LogP) is 3.85. The second kappa shape index (κ2) is 7.74. The summed E-state index contributed by atoms with van der Waals surface area (Å²) < 4.78 is 27.1. The molecule has 1 aliphatic heterocycles. The molecule has 2 aromatic rings. The van der Waals surface area contributed by atoms with Gasteiger partial charge in [0.05, 0.1) is 10.5 Å². The van der Waals surface area contributed by atoms with Crippen molar-refractivity contribution in [2.45, 2.75) is 12.8 Å². The smallest absolute Gasteiger partial charge is 0.311 e. The summed E-state index contributed by atoms with van der Waals surface area (Å²) in [4.78, 5) is 16.6. The minimum Gasteiger partial charge on any atom is -0.350 e. The average molecular weight is 355 g/mol. The van der Waals surface area contributed by atoms with Gasteiger partial charge in [-0.3, -0.25) is 10.1 Å². The Labute approximate surface area is 149 Å². The SMILES string of the molecule is O=[N+]([O-])c1cccnc1N1CCC(=CC#Cc2c(F)cccc2F)CC1. The normalized spacial score (nSPS) is 13.8. The number of anilines is 1. The zero-order valence-electron chi connectivity index (χ0n) is 13.8. The summed E-state index contributed by atoms with van der Waals surface area (Å²) in [6.45, 7) is 1.14. The highest BCUT2D eigenvalue weighted by molar-refractivity contribution is 5.58. The van der Waals surface area contributed by atoms with Gasteiger partial charge in [-0.1, -0.05) is 23.5 Å². The molecular weight excluding hydrogens is 340 g/mol. The van der Waals surface area contributed by atoms with E-state index in [-0.39, 0.29) is 11.3 Å². The first-order valence-corrected chi connectivity index (χ1v) is 8.04. The molecule has 0 unspecified atom stereocenters. The van der Waals surface area contributed by atoms with Crippen molar-refractivity contribution in [1.82, 2.24) is 4.98 Å². The fourth-order valence-electron chi connectivity index (χ4n) is 2.75. The molecule has 0 atom stereocenters. The van der Waals surface area contributed by atoms with Crippen LogP contribution in [0.25, 0.3) is 0 Å². The van der Waals surface area contributed by atoms with Crippen LogP contribution in [0.1, 0.15) is 18.4 Å². The van der Waals surface area contributed by atoms with Crippen molar-refractivity contribution in [2.24, 2.45) is 0 Å². The molecule has 0 spiro atoms. The Bertz CT molecular complexity index is 902. The van der Waals surface area contributed by atoms with Gasteiger partial charge in [-0.25, -0.2) is 13.8 Å². The molecule has 1 aliphatic rings. The van der Waals surface area contributed by atoms with Crippen molar-refractivity contribution in [2.75, 3.05) is 18.0 Å². The van der Waals surface area contributed by atoms with E-state index in [0.717, 1.165) is 5.57 Å². The first-order valence-electron chi connectivity index (χ1n) is 8.04. The first kappa shape index (κ1) is 17.5. The molecule has 2 heterocycles. The van der Waals surface area contributed by atoms with Crippen LogP contribution >= 0.6 is 0 Å². The van der Waals surface area contributed by atoms with E-state index in [1.54, 1.807) is 6.08 Å². The molecule has 1 fully saturated rings. The number of pyridine rings is 1. The zero-order valence-corrected chi connectivity index (χ0v) is 13.8. The van der Waals surface area contributed by atoms with Crippen molar-refractivity contribution in [3.05, 3.63) is 75.5 Å². The third-order valence-electron chi connectivity index (χ3n) is 4.10. The lowest BCUT2D eigenvalue weighted by atomic mass is 10.0. The fourth-order valence-corrected chi connectivity index (χ4v) is 2.75. The largest absolute Gasteiger partial charge is 0.350 e. The summed E-state index contributed by atoms with van der Waals surface area (Å²) in [6.07, 6.45) is 4.50.